The zero-order valence-corrected chi connectivity index (χ0v) is 30.0. The lowest BCUT2D eigenvalue weighted by atomic mass is 9.43. The number of nitrogens with zero attached hydrogens (tertiary/aromatic N) is 4. The first-order chi connectivity index (χ1) is 26.7. The summed E-state index contributed by atoms with van der Waals surface area (Å²) in [7, 11) is 0. The summed E-state index contributed by atoms with van der Waals surface area (Å²) in [6.45, 7) is 0. The second-order valence-corrected chi connectivity index (χ2v) is 15.9. The van der Waals surface area contributed by atoms with E-state index in [-0.39, 0.29) is 5.41 Å². The summed E-state index contributed by atoms with van der Waals surface area (Å²) in [4.78, 5) is 15.3. The zero-order chi connectivity index (χ0) is 35.8. The number of benzene rings is 6. The van der Waals surface area contributed by atoms with Crippen molar-refractivity contribution < 1.29 is 0 Å². The molecule has 0 radical (unpaired) electrons. The highest BCUT2D eigenvalue weighted by Gasteiger charge is 2.61. The molecule has 0 atom stereocenters. The highest BCUT2D eigenvalue weighted by molar-refractivity contribution is 5.94. The first-order valence-corrected chi connectivity index (χ1v) is 19.4. The number of aromatic nitrogens is 3. The molecule has 4 heteroatoms. The number of hydrogen-bond donors (Lipinski definition) is 0. The molecule has 258 valence electrons. The van der Waals surface area contributed by atoms with E-state index in [0.29, 0.717) is 23.0 Å². The Morgan fingerprint density at radius 3 is 1.59 bits per heavy atom. The molecule has 54 heavy (non-hydrogen) atoms. The zero-order valence-electron chi connectivity index (χ0n) is 30.0. The molecule has 12 rings (SSSR count). The van der Waals surface area contributed by atoms with Crippen molar-refractivity contribution in [1.82, 2.24) is 15.0 Å². The van der Waals surface area contributed by atoms with Gasteiger partial charge in [0, 0.05) is 22.1 Å². The van der Waals surface area contributed by atoms with Crippen molar-refractivity contribution in [3.8, 4) is 73.6 Å². The Labute approximate surface area is 316 Å². The van der Waals surface area contributed by atoms with E-state index < -0.39 is 0 Å². The van der Waals surface area contributed by atoms with Gasteiger partial charge in [0.15, 0.2) is 17.5 Å². The SMILES string of the molecule is N#Cc1ccccc1-c1cccc(-c2nc(-c3ccccc3)nc(-c3cccc(-c4cccc5c4-c4ccccc4C54C5CC6CC(C5)CC4C6)c3)n2)c1. The summed E-state index contributed by atoms with van der Waals surface area (Å²) in [5, 5.41) is 9.83. The molecular formula is C50H38N4. The van der Waals surface area contributed by atoms with Crippen LogP contribution in [0.5, 0.6) is 0 Å². The van der Waals surface area contributed by atoms with Gasteiger partial charge in [-0.3, -0.25) is 0 Å². The Bertz CT molecular complexity index is 2620. The summed E-state index contributed by atoms with van der Waals surface area (Å²) in [5.74, 6) is 5.14. The molecule has 4 fully saturated rings. The number of fused-ring (bicyclic) bond motifs is 3. The fourth-order valence-corrected chi connectivity index (χ4v) is 11.3. The fourth-order valence-electron chi connectivity index (χ4n) is 11.3. The van der Waals surface area contributed by atoms with Crippen LogP contribution < -0.4 is 0 Å². The maximum atomic E-state index is 9.83. The van der Waals surface area contributed by atoms with Gasteiger partial charge in [0.2, 0.25) is 0 Å². The average Bonchev–Trinajstić information content (AvgIpc) is 3.54. The van der Waals surface area contributed by atoms with Crippen LogP contribution in [0.3, 0.4) is 0 Å². The third kappa shape index (κ3) is 4.71. The van der Waals surface area contributed by atoms with Gasteiger partial charge in [-0.2, -0.15) is 5.26 Å². The van der Waals surface area contributed by atoms with Crippen LogP contribution in [-0.4, -0.2) is 15.0 Å². The molecule has 0 aliphatic heterocycles. The van der Waals surface area contributed by atoms with Crippen LogP contribution in [0.2, 0.25) is 0 Å². The molecule has 1 aromatic heterocycles. The van der Waals surface area contributed by atoms with Gasteiger partial charge in [0.25, 0.3) is 0 Å². The lowest BCUT2D eigenvalue weighted by Gasteiger charge is -2.61. The van der Waals surface area contributed by atoms with Gasteiger partial charge in [-0.25, -0.2) is 15.0 Å². The van der Waals surface area contributed by atoms with Crippen molar-refractivity contribution in [2.24, 2.45) is 23.7 Å². The Morgan fingerprint density at radius 2 is 0.926 bits per heavy atom. The van der Waals surface area contributed by atoms with E-state index in [2.05, 4.69) is 78.9 Å². The lowest BCUT2D eigenvalue weighted by molar-refractivity contribution is -0.0399. The van der Waals surface area contributed by atoms with Crippen LogP contribution in [0.25, 0.3) is 67.5 Å². The summed E-state index contributed by atoms with van der Waals surface area (Å²) in [6, 6.07) is 53.6. The minimum Gasteiger partial charge on any atom is -0.208 e. The predicted octanol–water partition coefficient (Wildman–Crippen LogP) is 11.8. The normalized spacial score (nSPS) is 22.9. The van der Waals surface area contributed by atoms with Crippen molar-refractivity contribution in [1.29, 1.82) is 5.26 Å². The fraction of sp³-hybridized carbons (Fsp3) is 0.200. The van der Waals surface area contributed by atoms with Crippen LogP contribution in [0.15, 0.2) is 146 Å². The van der Waals surface area contributed by atoms with Crippen molar-refractivity contribution >= 4 is 0 Å². The molecule has 0 amide bonds. The molecule has 1 heterocycles. The average molecular weight is 695 g/mol. The number of hydrogen-bond acceptors (Lipinski definition) is 4. The monoisotopic (exact) mass is 694 g/mol. The predicted molar refractivity (Wildman–Crippen MR) is 215 cm³/mol. The summed E-state index contributed by atoms with van der Waals surface area (Å²) in [6.07, 6.45) is 6.95. The van der Waals surface area contributed by atoms with Crippen LogP contribution in [0, 0.1) is 35.0 Å². The van der Waals surface area contributed by atoms with Gasteiger partial charge in [0.1, 0.15) is 0 Å². The van der Waals surface area contributed by atoms with E-state index in [4.69, 9.17) is 15.0 Å². The quantitative estimate of drug-likeness (QED) is 0.180. The van der Waals surface area contributed by atoms with Crippen molar-refractivity contribution in [3.05, 3.63) is 162 Å². The van der Waals surface area contributed by atoms with Crippen LogP contribution >= 0.6 is 0 Å². The summed E-state index contributed by atoms with van der Waals surface area (Å²) >= 11 is 0. The molecule has 0 saturated heterocycles. The molecule has 6 aromatic carbocycles. The van der Waals surface area contributed by atoms with E-state index in [1.54, 1.807) is 11.1 Å². The smallest absolute Gasteiger partial charge is 0.164 e. The first-order valence-electron chi connectivity index (χ1n) is 19.4. The van der Waals surface area contributed by atoms with Crippen molar-refractivity contribution in [2.75, 3.05) is 0 Å². The molecule has 1 spiro atoms. The molecule has 5 aliphatic carbocycles. The third-order valence-electron chi connectivity index (χ3n) is 13.2. The van der Waals surface area contributed by atoms with Crippen molar-refractivity contribution in [3.63, 3.8) is 0 Å². The van der Waals surface area contributed by atoms with Crippen LogP contribution in [0.1, 0.15) is 48.8 Å². The number of nitriles is 1. The van der Waals surface area contributed by atoms with Gasteiger partial charge >= 0.3 is 0 Å². The molecule has 7 aromatic rings. The van der Waals surface area contributed by atoms with E-state index in [1.165, 1.54) is 54.4 Å². The minimum atomic E-state index is 0.128. The standard InChI is InChI=1S/C50H38N4/c51-30-38-13-4-5-18-41(38)34-14-8-16-36(28-34)48-52-47(33-11-2-1-3-12-33)53-49(54-48)37-17-9-15-35(29-37)42-20-10-22-45-46(42)43-19-6-7-21-44(43)50(45)39-24-31-23-32(26-39)27-40(50)25-31/h1-22,28-29,31-32,39-40H,23-27H2. The van der Waals surface area contributed by atoms with E-state index in [9.17, 15) is 5.26 Å². The molecule has 4 bridgehead atoms. The van der Waals surface area contributed by atoms with Gasteiger partial charge < -0.3 is 0 Å². The van der Waals surface area contributed by atoms with E-state index in [1.807, 2.05) is 72.8 Å². The number of rotatable bonds is 5. The Morgan fingerprint density at radius 1 is 0.444 bits per heavy atom. The van der Waals surface area contributed by atoms with E-state index >= 15 is 0 Å². The first kappa shape index (κ1) is 31.4. The molecule has 4 nitrogen and oxygen atoms in total. The topological polar surface area (TPSA) is 62.5 Å². The van der Waals surface area contributed by atoms with E-state index in [0.717, 1.165) is 51.5 Å². The van der Waals surface area contributed by atoms with Gasteiger partial charge in [-0.1, -0.05) is 127 Å². The maximum absolute atomic E-state index is 9.83. The highest BCUT2D eigenvalue weighted by atomic mass is 15.0. The van der Waals surface area contributed by atoms with Crippen LogP contribution in [-0.2, 0) is 5.41 Å². The highest BCUT2D eigenvalue weighted by Crippen LogP contribution is 2.70. The summed E-state index contributed by atoms with van der Waals surface area (Å²) in [5.41, 5.74) is 13.8. The lowest BCUT2D eigenvalue weighted by Crippen LogP contribution is -2.55. The molecule has 5 aliphatic rings. The minimum absolute atomic E-state index is 0.128. The van der Waals surface area contributed by atoms with Gasteiger partial charge in [0.05, 0.1) is 11.6 Å². The Kier molecular flexibility index (Phi) is 7.07. The Balaban J connectivity index is 1.05. The maximum Gasteiger partial charge on any atom is 0.164 e. The van der Waals surface area contributed by atoms with Crippen LogP contribution in [0.4, 0.5) is 0 Å². The summed E-state index contributed by atoms with van der Waals surface area (Å²) < 4.78 is 0. The van der Waals surface area contributed by atoms with Gasteiger partial charge in [-0.05, 0) is 118 Å². The largest absolute Gasteiger partial charge is 0.208 e. The second kappa shape index (κ2) is 12.2. The second-order valence-electron chi connectivity index (χ2n) is 15.9. The van der Waals surface area contributed by atoms with Crippen molar-refractivity contribution in [2.45, 2.75) is 37.5 Å². The van der Waals surface area contributed by atoms with Gasteiger partial charge in [-0.15, -0.1) is 0 Å². The Hall–Kier alpha value is -6.18. The molecule has 4 saturated carbocycles. The molecule has 0 unspecified atom stereocenters. The third-order valence-corrected chi connectivity index (χ3v) is 13.2. The molecular weight excluding hydrogens is 657 g/mol. The molecule has 0 N–H and O–H groups in total.